The predicted molar refractivity (Wildman–Crippen MR) is 121 cm³/mol. The molecule has 1 amide bonds. The molecule has 0 saturated carbocycles. The Kier molecular flexibility index (Phi) is 5.94. The van der Waals surface area contributed by atoms with Gasteiger partial charge in [0.1, 0.15) is 15.7 Å². The number of hydrogen-bond donors (Lipinski definition) is 1. The van der Waals surface area contributed by atoms with Crippen molar-refractivity contribution in [2.75, 3.05) is 42.9 Å². The highest BCUT2D eigenvalue weighted by molar-refractivity contribution is 7.17. The first-order valence-corrected chi connectivity index (χ1v) is 11.0. The van der Waals surface area contributed by atoms with Gasteiger partial charge in [-0.05, 0) is 20.8 Å². The fraction of sp³-hybridized carbons (Fsp3) is 0.364. The SMILES string of the molecule is CCNc1cc(C)nc(N2CCN(C(=O)c3sc(-c4ccccc4)nc3C)CC2)n1. The van der Waals surface area contributed by atoms with Crippen molar-refractivity contribution >= 4 is 29.0 Å². The molecule has 1 aliphatic heterocycles. The molecule has 1 saturated heterocycles. The minimum atomic E-state index is 0.0605. The van der Waals surface area contributed by atoms with Crippen molar-refractivity contribution in [1.29, 1.82) is 0 Å². The van der Waals surface area contributed by atoms with Crippen molar-refractivity contribution in [3.63, 3.8) is 0 Å². The highest BCUT2D eigenvalue weighted by atomic mass is 32.1. The zero-order chi connectivity index (χ0) is 21.1. The number of piperazine rings is 1. The molecule has 1 N–H and O–H groups in total. The van der Waals surface area contributed by atoms with E-state index in [-0.39, 0.29) is 5.91 Å². The fourth-order valence-corrected chi connectivity index (χ4v) is 4.56. The van der Waals surface area contributed by atoms with Gasteiger partial charge >= 0.3 is 0 Å². The summed E-state index contributed by atoms with van der Waals surface area (Å²) in [6, 6.07) is 11.9. The Balaban J connectivity index is 1.45. The summed E-state index contributed by atoms with van der Waals surface area (Å²) in [5.74, 6) is 1.62. The number of carbonyl (C=O) groups excluding carboxylic acids is 1. The topological polar surface area (TPSA) is 74.2 Å². The van der Waals surface area contributed by atoms with E-state index in [1.54, 1.807) is 0 Å². The summed E-state index contributed by atoms with van der Waals surface area (Å²) in [5.41, 5.74) is 2.77. The molecule has 8 heteroatoms. The van der Waals surface area contributed by atoms with Gasteiger partial charge in [-0.1, -0.05) is 30.3 Å². The van der Waals surface area contributed by atoms with Gasteiger partial charge < -0.3 is 15.1 Å². The molecule has 4 rings (SSSR count). The average molecular weight is 423 g/mol. The highest BCUT2D eigenvalue weighted by Gasteiger charge is 2.26. The van der Waals surface area contributed by atoms with Crippen LogP contribution >= 0.6 is 11.3 Å². The van der Waals surface area contributed by atoms with Crippen LogP contribution in [-0.4, -0.2) is 58.5 Å². The molecule has 0 unspecified atom stereocenters. The van der Waals surface area contributed by atoms with Gasteiger partial charge in [0.2, 0.25) is 5.95 Å². The summed E-state index contributed by atoms with van der Waals surface area (Å²) in [4.78, 5) is 31.7. The Morgan fingerprint density at radius 2 is 1.80 bits per heavy atom. The summed E-state index contributed by atoms with van der Waals surface area (Å²) >= 11 is 1.47. The molecule has 1 aromatic carbocycles. The number of benzene rings is 1. The van der Waals surface area contributed by atoms with E-state index in [0.717, 1.165) is 45.1 Å². The van der Waals surface area contributed by atoms with Crippen molar-refractivity contribution in [2.45, 2.75) is 20.8 Å². The van der Waals surface area contributed by atoms with E-state index in [4.69, 9.17) is 0 Å². The molecule has 0 radical (unpaired) electrons. The lowest BCUT2D eigenvalue weighted by Crippen LogP contribution is -2.49. The van der Waals surface area contributed by atoms with Gasteiger partial charge in [0.05, 0.1) is 5.69 Å². The van der Waals surface area contributed by atoms with Crippen LogP contribution in [0.25, 0.3) is 10.6 Å². The quantitative estimate of drug-likeness (QED) is 0.677. The Morgan fingerprint density at radius 3 is 2.50 bits per heavy atom. The fourth-order valence-electron chi connectivity index (χ4n) is 3.52. The lowest BCUT2D eigenvalue weighted by Gasteiger charge is -2.34. The van der Waals surface area contributed by atoms with Gasteiger partial charge in [-0.3, -0.25) is 4.79 Å². The molecule has 30 heavy (non-hydrogen) atoms. The number of anilines is 2. The number of aryl methyl sites for hydroxylation is 2. The Bertz CT molecular complexity index is 1030. The second kappa shape index (κ2) is 8.79. The van der Waals surface area contributed by atoms with Crippen LogP contribution < -0.4 is 10.2 Å². The van der Waals surface area contributed by atoms with Crippen LogP contribution in [-0.2, 0) is 0 Å². The van der Waals surface area contributed by atoms with Crippen molar-refractivity contribution in [1.82, 2.24) is 19.9 Å². The third-order valence-electron chi connectivity index (χ3n) is 5.06. The number of amides is 1. The zero-order valence-electron chi connectivity index (χ0n) is 17.6. The van der Waals surface area contributed by atoms with E-state index >= 15 is 0 Å². The summed E-state index contributed by atoms with van der Waals surface area (Å²) < 4.78 is 0. The predicted octanol–water partition coefficient (Wildman–Crippen LogP) is 3.61. The summed E-state index contributed by atoms with van der Waals surface area (Å²) in [7, 11) is 0. The molecule has 1 fully saturated rings. The number of carbonyl (C=O) groups is 1. The monoisotopic (exact) mass is 422 g/mol. The molecular weight excluding hydrogens is 396 g/mol. The number of nitrogens with one attached hydrogen (secondary N) is 1. The van der Waals surface area contributed by atoms with Gasteiger partial charge in [0, 0.05) is 50.0 Å². The molecule has 156 valence electrons. The first-order chi connectivity index (χ1) is 14.5. The lowest BCUT2D eigenvalue weighted by atomic mass is 10.2. The van der Waals surface area contributed by atoms with E-state index < -0.39 is 0 Å². The lowest BCUT2D eigenvalue weighted by molar-refractivity contribution is 0.0750. The molecule has 0 atom stereocenters. The summed E-state index contributed by atoms with van der Waals surface area (Å²) in [5, 5.41) is 4.14. The van der Waals surface area contributed by atoms with Gasteiger partial charge in [-0.25, -0.2) is 9.97 Å². The van der Waals surface area contributed by atoms with Gasteiger partial charge in [-0.15, -0.1) is 11.3 Å². The van der Waals surface area contributed by atoms with Crippen LogP contribution in [0.1, 0.15) is 28.0 Å². The maximum atomic E-state index is 13.1. The van der Waals surface area contributed by atoms with Gasteiger partial charge in [0.25, 0.3) is 5.91 Å². The number of thiazole rings is 1. The number of aromatic nitrogens is 3. The molecule has 3 aromatic rings. The normalized spacial score (nSPS) is 14.1. The second-order valence-corrected chi connectivity index (χ2v) is 8.30. The van der Waals surface area contributed by atoms with E-state index in [9.17, 15) is 4.79 Å². The van der Waals surface area contributed by atoms with Crippen LogP contribution in [0.15, 0.2) is 36.4 Å². The van der Waals surface area contributed by atoms with E-state index in [0.29, 0.717) is 26.2 Å². The number of hydrogen-bond acceptors (Lipinski definition) is 7. The smallest absolute Gasteiger partial charge is 0.265 e. The minimum Gasteiger partial charge on any atom is -0.370 e. The van der Waals surface area contributed by atoms with Gasteiger partial charge in [-0.2, -0.15) is 4.98 Å². The highest BCUT2D eigenvalue weighted by Crippen LogP contribution is 2.29. The first-order valence-electron chi connectivity index (χ1n) is 10.2. The van der Waals surface area contributed by atoms with Gasteiger partial charge in [0.15, 0.2) is 0 Å². The van der Waals surface area contributed by atoms with E-state index in [2.05, 4.69) is 25.2 Å². The van der Waals surface area contributed by atoms with Crippen LogP contribution in [0.3, 0.4) is 0 Å². The maximum Gasteiger partial charge on any atom is 0.265 e. The molecule has 3 heterocycles. The molecular formula is C22H26N6OS. The van der Waals surface area contributed by atoms with Crippen molar-refractivity contribution < 1.29 is 4.79 Å². The second-order valence-electron chi connectivity index (χ2n) is 7.30. The van der Waals surface area contributed by atoms with Crippen molar-refractivity contribution in [2.24, 2.45) is 0 Å². The number of rotatable bonds is 5. The first kappa shape index (κ1) is 20.3. The number of nitrogens with zero attached hydrogens (tertiary/aromatic N) is 5. The molecule has 1 aliphatic rings. The molecule has 2 aromatic heterocycles. The van der Waals surface area contributed by atoms with Crippen LogP contribution in [0.2, 0.25) is 0 Å². The van der Waals surface area contributed by atoms with Crippen LogP contribution in [0.4, 0.5) is 11.8 Å². The van der Waals surface area contributed by atoms with Crippen LogP contribution in [0, 0.1) is 13.8 Å². The van der Waals surface area contributed by atoms with Crippen molar-refractivity contribution in [3.8, 4) is 10.6 Å². The third kappa shape index (κ3) is 4.28. The molecule has 0 bridgehead atoms. The largest absolute Gasteiger partial charge is 0.370 e. The molecule has 0 aliphatic carbocycles. The Hall–Kier alpha value is -3.00. The molecule has 7 nitrogen and oxygen atoms in total. The third-order valence-corrected chi connectivity index (χ3v) is 6.26. The van der Waals surface area contributed by atoms with Crippen molar-refractivity contribution in [3.05, 3.63) is 52.7 Å². The summed E-state index contributed by atoms with van der Waals surface area (Å²) in [6.07, 6.45) is 0. The minimum absolute atomic E-state index is 0.0605. The summed E-state index contributed by atoms with van der Waals surface area (Å²) in [6.45, 7) is 9.46. The Labute approximate surface area is 180 Å². The van der Waals surface area contributed by atoms with E-state index in [1.165, 1.54) is 11.3 Å². The Morgan fingerprint density at radius 1 is 1.07 bits per heavy atom. The molecule has 0 spiro atoms. The standard InChI is InChI=1S/C22H26N6OS/c1-4-23-18-14-15(2)24-22(26-18)28-12-10-27(11-13-28)21(29)19-16(3)25-20(30-19)17-8-6-5-7-9-17/h5-9,14H,4,10-13H2,1-3H3,(H,23,24,26). The van der Waals surface area contributed by atoms with Crippen LogP contribution in [0.5, 0.6) is 0 Å². The maximum absolute atomic E-state index is 13.1. The average Bonchev–Trinajstić information content (AvgIpc) is 3.15. The zero-order valence-corrected chi connectivity index (χ0v) is 18.4. The van der Waals surface area contributed by atoms with E-state index in [1.807, 2.05) is 62.1 Å².